The van der Waals surface area contributed by atoms with Crippen LogP contribution in [0.2, 0.25) is 0 Å². The first-order chi connectivity index (χ1) is 4.93. The Morgan fingerprint density at radius 3 is 3.00 bits per heavy atom. The maximum atomic E-state index is 4.89. The van der Waals surface area contributed by atoms with Crippen molar-refractivity contribution in [3.63, 3.8) is 0 Å². The molecule has 0 aromatic carbocycles. The van der Waals surface area contributed by atoms with Crippen LogP contribution in [0, 0.1) is 6.07 Å². The summed E-state index contributed by atoms with van der Waals surface area (Å²) in [5.41, 5.74) is 1.20. The van der Waals surface area contributed by atoms with Crippen LogP contribution in [0.3, 0.4) is 0 Å². The molecule has 1 aromatic rings. The van der Waals surface area contributed by atoms with Gasteiger partial charge in [0, 0.05) is 6.07 Å². The average Bonchev–Trinajstić information content (AvgIpc) is 2.41. The molecule has 0 amide bonds. The molecule has 0 atom stereocenters. The van der Waals surface area contributed by atoms with Gasteiger partial charge in [-0.2, -0.15) is 0 Å². The lowest BCUT2D eigenvalue weighted by Crippen LogP contribution is -1.80. The van der Waals surface area contributed by atoms with E-state index in [1.54, 1.807) is 12.5 Å². The summed E-state index contributed by atoms with van der Waals surface area (Å²) in [5.74, 6) is 0. The molecule has 1 heterocycles. The van der Waals surface area contributed by atoms with Crippen LogP contribution in [0.4, 0.5) is 0 Å². The topological polar surface area (TPSA) is 13.1 Å². The summed E-state index contributed by atoms with van der Waals surface area (Å²) in [4.78, 5) is 0. The smallest absolute Gasteiger partial charge is 0.0985 e. The van der Waals surface area contributed by atoms with Crippen molar-refractivity contribution in [1.82, 2.24) is 0 Å². The molecule has 1 aromatic heterocycles. The molecular formula is C9H13O. The highest BCUT2D eigenvalue weighted by atomic mass is 16.3. The lowest BCUT2D eigenvalue weighted by atomic mass is 10.1. The van der Waals surface area contributed by atoms with Gasteiger partial charge in [-0.25, -0.2) is 0 Å². The molecule has 0 aliphatic rings. The van der Waals surface area contributed by atoms with E-state index in [1.165, 1.54) is 24.8 Å². The Morgan fingerprint density at radius 1 is 1.50 bits per heavy atom. The lowest BCUT2D eigenvalue weighted by Gasteiger charge is -1.92. The zero-order valence-electron chi connectivity index (χ0n) is 6.39. The maximum absolute atomic E-state index is 4.89. The minimum Gasteiger partial charge on any atom is -0.472 e. The zero-order valence-corrected chi connectivity index (χ0v) is 6.39. The SMILES string of the molecule is CCCCCc1[c]coc1. The molecule has 55 valence electrons. The van der Waals surface area contributed by atoms with Crippen LogP contribution >= 0.6 is 0 Å². The predicted molar refractivity (Wildman–Crippen MR) is 40.8 cm³/mol. The van der Waals surface area contributed by atoms with E-state index < -0.39 is 0 Å². The first kappa shape index (κ1) is 7.39. The van der Waals surface area contributed by atoms with Crippen molar-refractivity contribution in [2.75, 3.05) is 0 Å². The van der Waals surface area contributed by atoms with E-state index in [0.29, 0.717) is 0 Å². The van der Waals surface area contributed by atoms with Crippen LogP contribution in [0.1, 0.15) is 31.7 Å². The van der Waals surface area contributed by atoms with Crippen molar-refractivity contribution >= 4 is 0 Å². The fourth-order valence-electron chi connectivity index (χ4n) is 0.956. The third-order valence-corrected chi connectivity index (χ3v) is 1.57. The molecule has 0 fully saturated rings. The molecule has 1 heteroatoms. The van der Waals surface area contributed by atoms with Gasteiger partial charge >= 0.3 is 0 Å². The van der Waals surface area contributed by atoms with Crippen molar-refractivity contribution in [3.05, 3.63) is 24.2 Å². The second-order valence-corrected chi connectivity index (χ2v) is 2.50. The standard InChI is InChI=1S/C9H13O/c1-2-3-4-5-9-6-7-10-8-9/h7-8H,2-5H2,1H3. The largest absolute Gasteiger partial charge is 0.472 e. The molecule has 0 saturated carbocycles. The van der Waals surface area contributed by atoms with E-state index in [-0.39, 0.29) is 0 Å². The maximum Gasteiger partial charge on any atom is 0.0985 e. The Morgan fingerprint density at radius 2 is 2.40 bits per heavy atom. The van der Waals surface area contributed by atoms with Gasteiger partial charge in [0.05, 0.1) is 12.5 Å². The number of hydrogen-bond acceptors (Lipinski definition) is 1. The highest BCUT2D eigenvalue weighted by Crippen LogP contribution is 2.05. The van der Waals surface area contributed by atoms with Crippen LogP contribution in [0.5, 0.6) is 0 Å². The Labute approximate surface area is 62.1 Å². The van der Waals surface area contributed by atoms with Crippen LogP contribution < -0.4 is 0 Å². The van der Waals surface area contributed by atoms with Gasteiger partial charge < -0.3 is 4.42 Å². The fourth-order valence-corrected chi connectivity index (χ4v) is 0.956. The van der Waals surface area contributed by atoms with Gasteiger partial charge in [-0.15, -0.1) is 0 Å². The first-order valence-electron chi connectivity index (χ1n) is 3.86. The number of hydrogen-bond donors (Lipinski definition) is 0. The van der Waals surface area contributed by atoms with E-state index in [0.717, 1.165) is 6.42 Å². The predicted octanol–water partition coefficient (Wildman–Crippen LogP) is 2.81. The minimum absolute atomic E-state index is 1.12. The quantitative estimate of drug-likeness (QED) is 0.581. The lowest BCUT2D eigenvalue weighted by molar-refractivity contribution is 0.562. The van der Waals surface area contributed by atoms with E-state index >= 15 is 0 Å². The average molecular weight is 137 g/mol. The van der Waals surface area contributed by atoms with Crippen molar-refractivity contribution < 1.29 is 4.42 Å². The Bertz CT molecular complexity index is 153. The van der Waals surface area contributed by atoms with E-state index in [9.17, 15) is 0 Å². The number of furan rings is 1. The van der Waals surface area contributed by atoms with Gasteiger partial charge in [0.2, 0.25) is 0 Å². The first-order valence-corrected chi connectivity index (χ1v) is 3.86. The molecule has 0 aliphatic heterocycles. The second kappa shape index (κ2) is 4.15. The number of unbranched alkanes of at least 4 members (excludes halogenated alkanes) is 2. The molecule has 0 bridgehead atoms. The third-order valence-electron chi connectivity index (χ3n) is 1.57. The Balaban J connectivity index is 2.15. The second-order valence-electron chi connectivity index (χ2n) is 2.50. The van der Waals surface area contributed by atoms with Gasteiger partial charge in [-0.05, 0) is 18.4 Å². The molecule has 1 nitrogen and oxygen atoms in total. The van der Waals surface area contributed by atoms with Crippen molar-refractivity contribution in [2.24, 2.45) is 0 Å². The highest BCUT2D eigenvalue weighted by Gasteiger charge is 1.92. The van der Waals surface area contributed by atoms with Gasteiger partial charge in [-0.1, -0.05) is 19.8 Å². The summed E-state index contributed by atoms with van der Waals surface area (Å²) >= 11 is 0. The normalized spacial score (nSPS) is 10.1. The van der Waals surface area contributed by atoms with Crippen LogP contribution in [-0.4, -0.2) is 0 Å². The summed E-state index contributed by atoms with van der Waals surface area (Å²) in [6.07, 6.45) is 8.34. The third kappa shape index (κ3) is 2.26. The molecule has 0 aliphatic carbocycles. The number of rotatable bonds is 4. The summed E-state index contributed by atoms with van der Waals surface area (Å²) in [5, 5.41) is 0. The van der Waals surface area contributed by atoms with Crippen LogP contribution in [0.15, 0.2) is 16.9 Å². The molecule has 10 heavy (non-hydrogen) atoms. The summed E-state index contributed by atoms with van der Waals surface area (Å²) in [7, 11) is 0. The van der Waals surface area contributed by atoms with Crippen molar-refractivity contribution in [1.29, 1.82) is 0 Å². The van der Waals surface area contributed by atoms with E-state index in [1.807, 2.05) is 0 Å². The summed E-state index contributed by atoms with van der Waals surface area (Å²) in [6.45, 7) is 2.21. The highest BCUT2D eigenvalue weighted by molar-refractivity contribution is 5.02. The van der Waals surface area contributed by atoms with Crippen molar-refractivity contribution in [2.45, 2.75) is 32.6 Å². The molecule has 1 rings (SSSR count). The molecular weight excluding hydrogens is 124 g/mol. The van der Waals surface area contributed by atoms with E-state index in [2.05, 4.69) is 13.0 Å². The minimum atomic E-state index is 1.12. The monoisotopic (exact) mass is 137 g/mol. The molecule has 0 unspecified atom stereocenters. The molecule has 0 saturated heterocycles. The molecule has 0 spiro atoms. The van der Waals surface area contributed by atoms with Gasteiger partial charge in [0.1, 0.15) is 0 Å². The Hall–Kier alpha value is -0.720. The fraction of sp³-hybridized carbons (Fsp3) is 0.556. The van der Waals surface area contributed by atoms with E-state index in [4.69, 9.17) is 4.42 Å². The van der Waals surface area contributed by atoms with Crippen LogP contribution in [0.25, 0.3) is 0 Å². The van der Waals surface area contributed by atoms with Crippen LogP contribution in [-0.2, 0) is 6.42 Å². The molecule has 0 N–H and O–H groups in total. The number of aryl methyl sites for hydroxylation is 1. The molecule has 1 radical (unpaired) electrons. The van der Waals surface area contributed by atoms with Crippen molar-refractivity contribution in [3.8, 4) is 0 Å². The van der Waals surface area contributed by atoms with Gasteiger partial charge in [-0.3, -0.25) is 0 Å². The zero-order chi connectivity index (χ0) is 7.23. The Kier molecular flexibility index (Phi) is 3.07. The summed E-state index contributed by atoms with van der Waals surface area (Å²) in [6, 6.07) is 3.03. The van der Waals surface area contributed by atoms with Gasteiger partial charge in [0.25, 0.3) is 0 Å². The summed E-state index contributed by atoms with van der Waals surface area (Å²) < 4.78 is 4.89. The van der Waals surface area contributed by atoms with Gasteiger partial charge in [0.15, 0.2) is 0 Å².